The van der Waals surface area contributed by atoms with Crippen LogP contribution >= 0.6 is 0 Å². The van der Waals surface area contributed by atoms with Crippen molar-refractivity contribution in [1.82, 2.24) is 4.57 Å². The summed E-state index contributed by atoms with van der Waals surface area (Å²) in [6, 6.07) is 11.1. The molecule has 3 heteroatoms. The first-order valence-corrected chi connectivity index (χ1v) is 5.90. The summed E-state index contributed by atoms with van der Waals surface area (Å²) in [5.74, 6) is 0. The Balaban J connectivity index is 0.00000144. The molecule has 17 heavy (non-hydrogen) atoms. The van der Waals surface area contributed by atoms with Gasteiger partial charge >= 0.3 is 0 Å². The molecule has 0 aliphatic carbocycles. The highest BCUT2D eigenvalue weighted by molar-refractivity contribution is 5.13. The van der Waals surface area contributed by atoms with Gasteiger partial charge in [0.15, 0.2) is 0 Å². The molecule has 0 N–H and O–H groups in total. The molecule has 0 bridgehead atoms. The molecule has 1 atom stereocenters. The van der Waals surface area contributed by atoms with Crippen LogP contribution in [0.15, 0.2) is 49.1 Å². The van der Waals surface area contributed by atoms with Gasteiger partial charge in [-0.15, -0.1) is 0 Å². The number of aromatic nitrogens is 2. The Labute approximate surface area is 109 Å². The fourth-order valence-electron chi connectivity index (χ4n) is 1.77. The standard InChI is InChI=1S/C14H19N2.ClH/c1-3-13(2)16-10-9-15(12-16)11-14-7-5-4-6-8-14;/h4-10,12-13H,3,11H2,1-2H3;1H/q+1;/p-1. The lowest BCUT2D eigenvalue weighted by Gasteiger charge is -2.02. The van der Waals surface area contributed by atoms with Crippen LogP contribution in [0.25, 0.3) is 0 Å². The third-order valence-electron chi connectivity index (χ3n) is 3.02. The van der Waals surface area contributed by atoms with Crippen molar-refractivity contribution < 1.29 is 17.0 Å². The molecule has 0 saturated carbocycles. The van der Waals surface area contributed by atoms with Crippen molar-refractivity contribution >= 4 is 0 Å². The smallest absolute Gasteiger partial charge is 0.244 e. The van der Waals surface area contributed by atoms with Gasteiger partial charge in [-0.3, -0.25) is 0 Å². The number of hydrogen-bond donors (Lipinski definition) is 0. The van der Waals surface area contributed by atoms with Gasteiger partial charge in [-0.2, -0.15) is 0 Å². The maximum absolute atomic E-state index is 2.27. The monoisotopic (exact) mass is 250 g/mol. The second-order valence-corrected chi connectivity index (χ2v) is 4.28. The van der Waals surface area contributed by atoms with Crippen LogP contribution < -0.4 is 17.0 Å². The lowest BCUT2D eigenvalue weighted by Crippen LogP contribution is -3.00. The summed E-state index contributed by atoms with van der Waals surface area (Å²) in [4.78, 5) is 0. The fourth-order valence-corrected chi connectivity index (χ4v) is 1.77. The zero-order valence-corrected chi connectivity index (χ0v) is 11.1. The predicted octanol–water partition coefficient (Wildman–Crippen LogP) is -0.201. The third-order valence-corrected chi connectivity index (χ3v) is 3.02. The van der Waals surface area contributed by atoms with E-state index in [1.54, 1.807) is 0 Å². The van der Waals surface area contributed by atoms with Crippen LogP contribution in [0.2, 0.25) is 0 Å². The Morgan fingerprint density at radius 2 is 1.94 bits per heavy atom. The Morgan fingerprint density at radius 1 is 1.24 bits per heavy atom. The third kappa shape index (κ3) is 3.60. The van der Waals surface area contributed by atoms with E-state index in [0.29, 0.717) is 6.04 Å². The van der Waals surface area contributed by atoms with Crippen LogP contribution in [0.3, 0.4) is 0 Å². The molecule has 2 rings (SSSR count). The number of nitrogens with zero attached hydrogens (tertiary/aromatic N) is 2. The molecule has 1 aromatic heterocycles. The maximum atomic E-state index is 2.27. The van der Waals surface area contributed by atoms with Gasteiger partial charge < -0.3 is 12.4 Å². The molecule has 2 aromatic rings. The topological polar surface area (TPSA) is 8.81 Å². The first kappa shape index (κ1) is 13.8. The quantitative estimate of drug-likeness (QED) is 0.665. The lowest BCUT2D eigenvalue weighted by atomic mass is 10.2. The van der Waals surface area contributed by atoms with Crippen LogP contribution in [0.5, 0.6) is 0 Å². The molecule has 0 fully saturated rings. The summed E-state index contributed by atoms with van der Waals surface area (Å²) in [5, 5.41) is 0. The summed E-state index contributed by atoms with van der Waals surface area (Å²) in [7, 11) is 0. The Kier molecular flexibility index (Phi) is 5.23. The van der Waals surface area contributed by atoms with Gasteiger partial charge in [0.05, 0.1) is 6.04 Å². The van der Waals surface area contributed by atoms with Crippen molar-refractivity contribution in [2.45, 2.75) is 32.9 Å². The SMILES string of the molecule is CCC(C)n1cc[n+](Cc2ccccc2)c1.[Cl-]. The van der Waals surface area contributed by atoms with Gasteiger partial charge in [0.1, 0.15) is 18.9 Å². The highest BCUT2D eigenvalue weighted by atomic mass is 35.5. The van der Waals surface area contributed by atoms with E-state index < -0.39 is 0 Å². The van der Waals surface area contributed by atoms with Crippen molar-refractivity contribution in [2.75, 3.05) is 0 Å². The van der Waals surface area contributed by atoms with E-state index in [-0.39, 0.29) is 12.4 Å². The van der Waals surface area contributed by atoms with E-state index in [4.69, 9.17) is 0 Å². The number of halogens is 1. The zero-order valence-electron chi connectivity index (χ0n) is 10.4. The summed E-state index contributed by atoms with van der Waals surface area (Å²) in [5.41, 5.74) is 1.34. The Morgan fingerprint density at radius 3 is 2.59 bits per heavy atom. The highest BCUT2D eigenvalue weighted by Crippen LogP contribution is 2.07. The van der Waals surface area contributed by atoms with Gasteiger partial charge in [0.25, 0.3) is 0 Å². The van der Waals surface area contributed by atoms with Crippen molar-refractivity contribution in [3.05, 3.63) is 54.6 Å². The van der Waals surface area contributed by atoms with Crippen molar-refractivity contribution in [3.63, 3.8) is 0 Å². The summed E-state index contributed by atoms with van der Waals surface area (Å²) >= 11 is 0. The van der Waals surface area contributed by atoms with Crippen molar-refractivity contribution in [3.8, 4) is 0 Å². The summed E-state index contributed by atoms with van der Waals surface area (Å²) in [6.45, 7) is 5.41. The second kappa shape index (κ2) is 6.45. The fraction of sp³-hybridized carbons (Fsp3) is 0.357. The molecule has 2 nitrogen and oxygen atoms in total. The molecule has 0 aliphatic heterocycles. The van der Waals surface area contributed by atoms with Gasteiger partial charge in [-0.1, -0.05) is 37.3 Å². The highest BCUT2D eigenvalue weighted by Gasteiger charge is 2.09. The average Bonchev–Trinajstić information content (AvgIpc) is 2.78. The largest absolute Gasteiger partial charge is 1.00 e. The lowest BCUT2D eigenvalue weighted by molar-refractivity contribution is -0.688. The van der Waals surface area contributed by atoms with Crippen molar-refractivity contribution in [1.29, 1.82) is 0 Å². The molecule has 1 heterocycles. The molecule has 0 aliphatic rings. The minimum absolute atomic E-state index is 0. The first-order valence-electron chi connectivity index (χ1n) is 5.90. The molecule has 0 radical (unpaired) electrons. The molecule has 0 amide bonds. The normalized spacial score (nSPS) is 11.9. The van der Waals surface area contributed by atoms with E-state index in [0.717, 1.165) is 6.54 Å². The van der Waals surface area contributed by atoms with Crippen LogP contribution in [0.4, 0.5) is 0 Å². The molecular weight excluding hydrogens is 232 g/mol. The van der Waals surface area contributed by atoms with Crippen molar-refractivity contribution in [2.24, 2.45) is 0 Å². The number of rotatable bonds is 4. The van der Waals surface area contributed by atoms with Crippen LogP contribution in [0.1, 0.15) is 31.9 Å². The molecule has 1 aromatic carbocycles. The Hall–Kier alpha value is -1.28. The van der Waals surface area contributed by atoms with Gasteiger partial charge in [-0.05, 0) is 18.9 Å². The molecule has 0 saturated heterocycles. The summed E-state index contributed by atoms with van der Waals surface area (Å²) < 4.78 is 4.49. The Bertz CT molecular complexity index is 436. The average molecular weight is 251 g/mol. The van der Waals surface area contributed by atoms with Crippen LogP contribution in [0, 0.1) is 0 Å². The van der Waals surface area contributed by atoms with Gasteiger partial charge in [0, 0.05) is 0 Å². The predicted molar refractivity (Wildman–Crippen MR) is 65.2 cm³/mol. The number of hydrogen-bond acceptors (Lipinski definition) is 0. The van der Waals surface area contributed by atoms with E-state index in [1.807, 2.05) is 0 Å². The van der Waals surface area contributed by atoms with E-state index >= 15 is 0 Å². The van der Waals surface area contributed by atoms with Gasteiger partial charge in [-0.25, -0.2) is 9.13 Å². The minimum atomic E-state index is 0. The molecular formula is C14H19ClN2. The van der Waals surface area contributed by atoms with Crippen LogP contribution in [-0.4, -0.2) is 4.57 Å². The van der Waals surface area contributed by atoms with E-state index in [2.05, 4.69) is 72.0 Å². The van der Waals surface area contributed by atoms with Gasteiger partial charge in [0.2, 0.25) is 6.33 Å². The molecule has 0 spiro atoms. The molecule has 92 valence electrons. The van der Waals surface area contributed by atoms with E-state index in [9.17, 15) is 0 Å². The first-order chi connectivity index (χ1) is 7.79. The molecule has 1 unspecified atom stereocenters. The number of imidazole rings is 1. The number of benzene rings is 1. The minimum Gasteiger partial charge on any atom is -1.00 e. The van der Waals surface area contributed by atoms with Crippen LogP contribution in [-0.2, 0) is 6.54 Å². The maximum Gasteiger partial charge on any atom is 0.244 e. The summed E-state index contributed by atoms with van der Waals surface area (Å²) in [6.07, 6.45) is 7.64. The zero-order chi connectivity index (χ0) is 11.4. The van der Waals surface area contributed by atoms with E-state index in [1.165, 1.54) is 12.0 Å². The second-order valence-electron chi connectivity index (χ2n) is 4.28.